The van der Waals surface area contributed by atoms with Gasteiger partial charge < -0.3 is 0 Å². The molecule has 1 N–H and O–H groups in total. The maximum absolute atomic E-state index is 11.7. The Morgan fingerprint density at radius 3 is 2.65 bits per heavy atom. The highest BCUT2D eigenvalue weighted by molar-refractivity contribution is 7.89. The van der Waals surface area contributed by atoms with Crippen molar-refractivity contribution in [1.29, 1.82) is 0 Å². The zero-order valence-corrected chi connectivity index (χ0v) is 12.7. The first-order valence-electron chi connectivity index (χ1n) is 6.13. The summed E-state index contributed by atoms with van der Waals surface area (Å²) in [4.78, 5) is 10.3. The lowest BCUT2D eigenvalue weighted by Gasteiger charge is -2.09. The number of hydrogen-bond acceptors (Lipinski definition) is 4. The first-order chi connectivity index (χ1) is 9.37. The Bertz CT molecular complexity index is 575. The number of halogens is 1. The molecule has 0 unspecified atom stereocenters. The molecule has 0 amide bonds. The van der Waals surface area contributed by atoms with Crippen molar-refractivity contribution in [3.63, 3.8) is 0 Å². The average Bonchev–Trinajstić information content (AvgIpc) is 2.37. The molecule has 6 nitrogen and oxygen atoms in total. The summed E-state index contributed by atoms with van der Waals surface area (Å²) >= 11 is 5.49. The topological polar surface area (TPSA) is 89.3 Å². The molecular formula is C12H17ClN2O4S. The fraction of sp³-hybridized carbons (Fsp3) is 0.500. The van der Waals surface area contributed by atoms with Gasteiger partial charge in [-0.25, -0.2) is 13.1 Å². The van der Waals surface area contributed by atoms with Gasteiger partial charge in [-0.1, -0.05) is 12.1 Å². The van der Waals surface area contributed by atoms with Gasteiger partial charge in [-0.2, -0.15) is 0 Å². The van der Waals surface area contributed by atoms with E-state index in [0.29, 0.717) is 29.8 Å². The summed E-state index contributed by atoms with van der Waals surface area (Å²) in [6.07, 6.45) is 1.13. The minimum atomic E-state index is -3.38. The third kappa shape index (κ3) is 5.07. The Kier molecular flexibility index (Phi) is 6.38. The van der Waals surface area contributed by atoms with E-state index in [1.165, 1.54) is 6.07 Å². The Hall–Kier alpha value is -1.18. The molecule has 1 rings (SSSR count). The predicted octanol–water partition coefficient (Wildman–Crippen LogP) is 2.34. The summed E-state index contributed by atoms with van der Waals surface area (Å²) in [6, 6.07) is 4.61. The van der Waals surface area contributed by atoms with Crippen molar-refractivity contribution in [3.8, 4) is 0 Å². The molecule has 0 spiro atoms. The molecule has 112 valence electrons. The third-order valence-corrected chi connectivity index (χ3v) is 4.57. The predicted molar refractivity (Wildman–Crippen MR) is 78.4 cm³/mol. The van der Waals surface area contributed by atoms with E-state index in [0.717, 1.165) is 0 Å². The number of sulfonamides is 1. The van der Waals surface area contributed by atoms with Crippen LogP contribution in [0.2, 0.25) is 0 Å². The van der Waals surface area contributed by atoms with E-state index in [1.807, 2.05) is 0 Å². The Morgan fingerprint density at radius 1 is 1.35 bits per heavy atom. The van der Waals surface area contributed by atoms with Crippen LogP contribution in [0, 0.1) is 17.0 Å². The maximum atomic E-state index is 11.7. The van der Waals surface area contributed by atoms with Crippen LogP contribution in [0.4, 0.5) is 5.69 Å². The highest BCUT2D eigenvalue weighted by Crippen LogP contribution is 2.21. The van der Waals surface area contributed by atoms with Crippen LogP contribution in [0.3, 0.4) is 0 Å². The molecule has 0 saturated heterocycles. The number of nitrogens with one attached hydrogen (secondary N) is 1. The summed E-state index contributed by atoms with van der Waals surface area (Å²) in [7, 11) is -3.38. The lowest BCUT2D eigenvalue weighted by molar-refractivity contribution is -0.385. The number of rotatable bonds is 8. The lowest BCUT2D eigenvalue weighted by atomic mass is 10.1. The molecular weight excluding hydrogens is 304 g/mol. The molecule has 0 fully saturated rings. The number of alkyl halides is 1. The van der Waals surface area contributed by atoms with E-state index in [4.69, 9.17) is 11.6 Å². The lowest BCUT2D eigenvalue weighted by Crippen LogP contribution is -2.26. The molecule has 0 atom stereocenters. The van der Waals surface area contributed by atoms with Crippen LogP contribution >= 0.6 is 11.6 Å². The molecule has 8 heteroatoms. The molecule has 1 aromatic rings. The van der Waals surface area contributed by atoms with Crippen LogP contribution in [-0.2, 0) is 16.6 Å². The molecule has 20 heavy (non-hydrogen) atoms. The van der Waals surface area contributed by atoms with Gasteiger partial charge in [0.05, 0.1) is 10.7 Å². The summed E-state index contributed by atoms with van der Waals surface area (Å²) in [6.45, 7) is 1.66. The fourth-order valence-electron chi connectivity index (χ4n) is 1.71. The summed E-state index contributed by atoms with van der Waals surface area (Å²) in [5, 5.41) is 10.8. The van der Waals surface area contributed by atoms with Crippen molar-refractivity contribution in [2.24, 2.45) is 0 Å². The van der Waals surface area contributed by atoms with Gasteiger partial charge in [-0.05, 0) is 25.3 Å². The van der Waals surface area contributed by atoms with Crippen molar-refractivity contribution < 1.29 is 13.3 Å². The quantitative estimate of drug-likeness (QED) is 0.344. The van der Waals surface area contributed by atoms with Gasteiger partial charge >= 0.3 is 0 Å². The largest absolute Gasteiger partial charge is 0.272 e. The Labute approximate surface area is 123 Å². The highest BCUT2D eigenvalue weighted by Gasteiger charge is 2.15. The molecule has 1 aromatic carbocycles. The Balaban J connectivity index is 2.71. The SMILES string of the molecule is Cc1c(CNS(=O)(=O)CCCCCl)cccc1[N+](=O)[O-]. The van der Waals surface area contributed by atoms with Crippen LogP contribution in [0.15, 0.2) is 18.2 Å². The molecule has 0 radical (unpaired) electrons. The number of nitro benzene ring substituents is 1. The standard InChI is InChI=1S/C12H17ClN2O4S/c1-10-11(5-4-6-12(10)15(16)17)9-14-20(18,19)8-3-2-7-13/h4-6,14H,2-3,7-9H2,1H3. The van der Waals surface area contributed by atoms with Gasteiger partial charge in [-0.3, -0.25) is 10.1 Å². The van der Waals surface area contributed by atoms with Crippen LogP contribution in [0.5, 0.6) is 0 Å². The second kappa shape index (κ2) is 7.56. The van der Waals surface area contributed by atoms with Gasteiger partial charge in [0.15, 0.2) is 0 Å². The number of hydrogen-bond donors (Lipinski definition) is 1. The summed E-state index contributed by atoms with van der Waals surface area (Å²) in [5.74, 6) is 0.438. The van der Waals surface area contributed by atoms with Gasteiger partial charge in [0.25, 0.3) is 5.69 Å². The third-order valence-electron chi connectivity index (χ3n) is 2.89. The van der Waals surface area contributed by atoms with Crippen molar-refractivity contribution >= 4 is 27.3 Å². The van der Waals surface area contributed by atoms with E-state index in [2.05, 4.69) is 4.72 Å². The van der Waals surface area contributed by atoms with Crippen LogP contribution in [0.25, 0.3) is 0 Å². The van der Waals surface area contributed by atoms with Crippen molar-refractivity contribution in [3.05, 3.63) is 39.4 Å². The summed E-state index contributed by atoms with van der Waals surface area (Å²) < 4.78 is 25.9. The number of unbranched alkanes of at least 4 members (excludes halogenated alkanes) is 1. The first kappa shape index (κ1) is 16.9. The minimum absolute atomic E-state index is 0.00763. The van der Waals surface area contributed by atoms with Crippen LogP contribution in [0.1, 0.15) is 24.0 Å². The molecule has 0 bridgehead atoms. The molecule has 0 heterocycles. The van der Waals surface area contributed by atoms with Crippen molar-refractivity contribution in [2.45, 2.75) is 26.3 Å². The molecule has 0 aliphatic rings. The van der Waals surface area contributed by atoms with E-state index in [9.17, 15) is 18.5 Å². The molecule has 0 aromatic heterocycles. The number of nitrogens with zero attached hydrogens (tertiary/aromatic N) is 1. The second-order valence-corrected chi connectivity index (χ2v) is 6.66. The van der Waals surface area contributed by atoms with Gasteiger partial charge in [0.2, 0.25) is 10.0 Å². The average molecular weight is 321 g/mol. The fourth-order valence-corrected chi connectivity index (χ4v) is 3.00. The number of nitro groups is 1. The van der Waals surface area contributed by atoms with Gasteiger partial charge in [0, 0.05) is 24.1 Å². The van der Waals surface area contributed by atoms with E-state index < -0.39 is 14.9 Å². The monoisotopic (exact) mass is 320 g/mol. The molecule has 0 aliphatic carbocycles. The minimum Gasteiger partial charge on any atom is -0.258 e. The zero-order valence-electron chi connectivity index (χ0n) is 11.1. The normalized spacial score (nSPS) is 11.5. The van der Waals surface area contributed by atoms with Gasteiger partial charge in [-0.15, -0.1) is 11.6 Å². The van der Waals surface area contributed by atoms with Crippen LogP contribution < -0.4 is 4.72 Å². The Morgan fingerprint density at radius 2 is 2.05 bits per heavy atom. The molecule has 0 aliphatic heterocycles. The second-order valence-electron chi connectivity index (χ2n) is 4.35. The first-order valence-corrected chi connectivity index (χ1v) is 8.32. The summed E-state index contributed by atoms with van der Waals surface area (Å²) in [5.41, 5.74) is 1.06. The smallest absolute Gasteiger partial charge is 0.258 e. The highest BCUT2D eigenvalue weighted by atomic mass is 35.5. The zero-order chi connectivity index (χ0) is 15.2. The van der Waals surface area contributed by atoms with E-state index in [-0.39, 0.29) is 18.0 Å². The van der Waals surface area contributed by atoms with Crippen molar-refractivity contribution in [1.82, 2.24) is 4.72 Å². The van der Waals surface area contributed by atoms with E-state index >= 15 is 0 Å². The molecule has 0 saturated carbocycles. The maximum Gasteiger partial charge on any atom is 0.272 e. The van der Waals surface area contributed by atoms with E-state index in [1.54, 1.807) is 19.1 Å². The van der Waals surface area contributed by atoms with Crippen LogP contribution in [-0.4, -0.2) is 25.0 Å². The van der Waals surface area contributed by atoms with Gasteiger partial charge in [0.1, 0.15) is 0 Å². The van der Waals surface area contributed by atoms with Crippen molar-refractivity contribution in [2.75, 3.05) is 11.6 Å². The number of benzene rings is 1.